The Balaban J connectivity index is 1.99. The number of ether oxygens (including phenoxy) is 1. The lowest BCUT2D eigenvalue weighted by Gasteiger charge is -2.31. The van der Waals surface area contributed by atoms with Crippen molar-refractivity contribution in [1.82, 2.24) is 4.31 Å². The Hall–Kier alpha value is -1.94. The van der Waals surface area contributed by atoms with Gasteiger partial charge in [-0.1, -0.05) is 29.8 Å². The molecule has 2 aromatic rings. The number of hydrogen-bond donors (Lipinski definition) is 1. The molecule has 3 rings (SSSR count). The van der Waals surface area contributed by atoms with Crippen molar-refractivity contribution in [3.8, 4) is 0 Å². The average Bonchev–Trinajstić information content (AvgIpc) is 2.75. The highest BCUT2D eigenvalue weighted by Gasteiger charge is 2.25. The smallest absolute Gasteiger partial charge is 0.255 e. The third-order valence-corrected chi connectivity index (χ3v) is 7.59. The van der Waals surface area contributed by atoms with E-state index in [1.54, 1.807) is 56.3 Å². The molecule has 0 unspecified atom stereocenters. The van der Waals surface area contributed by atoms with Crippen LogP contribution in [0.15, 0.2) is 51.8 Å². The minimum atomic E-state index is -3.64. The van der Waals surface area contributed by atoms with Gasteiger partial charge in [-0.05, 0) is 42.5 Å². The molecule has 1 aliphatic rings. The van der Waals surface area contributed by atoms with Gasteiger partial charge < -0.3 is 15.0 Å². The summed E-state index contributed by atoms with van der Waals surface area (Å²) in [5.74, 6) is -0.297. The van der Waals surface area contributed by atoms with Gasteiger partial charge in [0.1, 0.15) is 0 Å². The van der Waals surface area contributed by atoms with E-state index in [0.717, 1.165) is 10.2 Å². The maximum absolute atomic E-state index is 13.0. The van der Waals surface area contributed by atoms with E-state index >= 15 is 0 Å². The minimum Gasteiger partial charge on any atom is -0.378 e. The molecule has 1 saturated heterocycles. The van der Waals surface area contributed by atoms with Gasteiger partial charge >= 0.3 is 0 Å². The monoisotopic (exact) mass is 495 g/mol. The average molecular weight is 496 g/mol. The number of morpholine rings is 1. The largest absolute Gasteiger partial charge is 0.378 e. The fourth-order valence-electron chi connectivity index (χ4n) is 3.36. The van der Waals surface area contributed by atoms with E-state index in [2.05, 4.69) is 26.1 Å². The molecule has 30 heavy (non-hydrogen) atoms. The molecule has 0 radical (unpaired) electrons. The van der Waals surface area contributed by atoms with Gasteiger partial charge in [0.2, 0.25) is 10.0 Å². The van der Waals surface area contributed by atoms with Crippen LogP contribution in [0.25, 0.3) is 0 Å². The Kier molecular flexibility index (Phi) is 7.51. The molecule has 1 N–H and O–H groups in total. The molecule has 0 bridgehead atoms. The number of sulfonamides is 1. The summed E-state index contributed by atoms with van der Waals surface area (Å²) in [5.41, 5.74) is 1.74. The minimum absolute atomic E-state index is 0.161. The van der Waals surface area contributed by atoms with Crippen LogP contribution in [0.2, 0.25) is 0 Å². The molecule has 0 saturated carbocycles. The number of nitrogens with zero attached hydrogens (tertiary/aromatic N) is 2. The van der Waals surface area contributed by atoms with Crippen LogP contribution in [0, 0.1) is 0 Å². The lowest BCUT2D eigenvalue weighted by atomic mass is 10.2. The Labute approximate surface area is 186 Å². The molecule has 7 nitrogen and oxygen atoms in total. The number of rotatable bonds is 7. The highest BCUT2D eigenvalue weighted by atomic mass is 79.9. The molecule has 1 fully saturated rings. The molecule has 2 aromatic carbocycles. The van der Waals surface area contributed by atoms with Crippen LogP contribution in [0.5, 0.6) is 0 Å². The Morgan fingerprint density at radius 3 is 2.33 bits per heavy atom. The first-order valence-electron chi connectivity index (χ1n) is 9.90. The fraction of sp³-hybridized carbons (Fsp3) is 0.381. The van der Waals surface area contributed by atoms with Gasteiger partial charge in [-0.25, -0.2) is 8.42 Å². The van der Waals surface area contributed by atoms with Crippen molar-refractivity contribution in [3.05, 3.63) is 52.5 Å². The lowest BCUT2D eigenvalue weighted by molar-refractivity contribution is 0.102. The first-order valence-corrected chi connectivity index (χ1v) is 12.1. The van der Waals surface area contributed by atoms with Gasteiger partial charge in [0.25, 0.3) is 5.91 Å². The summed E-state index contributed by atoms with van der Waals surface area (Å²) in [6.07, 6.45) is 0. The number of hydrogen-bond acceptors (Lipinski definition) is 5. The second-order valence-electron chi connectivity index (χ2n) is 6.83. The van der Waals surface area contributed by atoms with E-state index in [1.807, 2.05) is 0 Å². The summed E-state index contributed by atoms with van der Waals surface area (Å²) in [6, 6.07) is 11.9. The normalized spacial score (nSPS) is 14.7. The SMILES string of the molecule is CCN(CC)S(=O)(=O)c1ccc(N2CCOCC2)c(NC(=O)c2ccc(Br)cc2)c1. The second kappa shape index (κ2) is 9.91. The van der Waals surface area contributed by atoms with Crippen LogP contribution in [-0.4, -0.2) is 58.0 Å². The summed E-state index contributed by atoms with van der Waals surface area (Å²) < 4.78 is 33.7. The second-order valence-corrected chi connectivity index (χ2v) is 9.68. The molecule has 0 atom stereocenters. The molecule has 0 aromatic heterocycles. The maximum atomic E-state index is 13.0. The van der Waals surface area contributed by atoms with Gasteiger partial charge in [-0.3, -0.25) is 4.79 Å². The Bertz CT molecular complexity index is 986. The van der Waals surface area contributed by atoms with Gasteiger partial charge in [0.05, 0.1) is 29.5 Å². The molecule has 162 valence electrons. The molecule has 9 heteroatoms. The zero-order valence-corrected chi connectivity index (χ0v) is 19.5. The molecule has 1 heterocycles. The zero-order chi connectivity index (χ0) is 21.7. The van der Waals surface area contributed by atoms with Crippen LogP contribution in [0.1, 0.15) is 24.2 Å². The standard InChI is InChI=1S/C21H26BrN3O4S/c1-3-25(4-2)30(27,28)18-9-10-20(24-11-13-29-14-12-24)19(15-18)23-21(26)16-5-7-17(22)8-6-16/h5-10,15H,3-4,11-14H2,1-2H3,(H,23,26). The van der Waals surface area contributed by atoms with E-state index < -0.39 is 10.0 Å². The van der Waals surface area contributed by atoms with Gasteiger partial charge in [-0.15, -0.1) is 0 Å². The van der Waals surface area contributed by atoms with Crippen molar-refractivity contribution in [2.45, 2.75) is 18.7 Å². The number of carbonyl (C=O) groups excluding carboxylic acids is 1. The number of amides is 1. The number of carbonyl (C=O) groups is 1. The molecule has 1 amide bonds. The first kappa shape index (κ1) is 22.7. The highest BCUT2D eigenvalue weighted by molar-refractivity contribution is 9.10. The summed E-state index contributed by atoms with van der Waals surface area (Å²) in [4.78, 5) is 15.1. The third kappa shape index (κ3) is 5.03. The first-order chi connectivity index (χ1) is 14.4. The summed E-state index contributed by atoms with van der Waals surface area (Å²) in [7, 11) is -3.64. The third-order valence-electron chi connectivity index (χ3n) is 5.02. The van der Waals surface area contributed by atoms with Crippen molar-refractivity contribution in [2.75, 3.05) is 49.6 Å². The van der Waals surface area contributed by atoms with Gasteiger partial charge in [0, 0.05) is 36.2 Å². The topological polar surface area (TPSA) is 79.0 Å². The maximum Gasteiger partial charge on any atom is 0.255 e. The number of nitrogens with one attached hydrogen (secondary N) is 1. The molecule has 0 spiro atoms. The number of benzene rings is 2. The molecular weight excluding hydrogens is 470 g/mol. The van der Waals surface area contributed by atoms with Crippen LogP contribution < -0.4 is 10.2 Å². The number of halogens is 1. The van der Waals surface area contributed by atoms with E-state index in [4.69, 9.17) is 4.74 Å². The van der Waals surface area contributed by atoms with E-state index in [-0.39, 0.29) is 10.8 Å². The van der Waals surface area contributed by atoms with Gasteiger partial charge in [0.15, 0.2) is 0 Å². The van der Waals surface area contributed by atoms with Crippen LogP contribution in [-0.2, 0) is 14.8 Å². The van der Waals surface area contributed by atoms with E-state index in [9.17, 15) is 13.2 Å². The van der Waals surface area contributed by atoms with Crippen molar-refractivity contribution in [2.24, 2.45) is 0 Å². The van der Waals surface area contributed by atoms with Crippen molar-refractivity contribution < 1.29 is 17.9 Å². The van der Waals surface area contributed by atoms with Crippen molar-refractivity contribution in [3.63, 3.8) is 0 Å². The quantitative estimate of drug-likeness (QED) is 0.634. The van der Waals surface area contributed by atoms with Crippen molar-refractivity contribution in [1.29, 1.82) is 0 Å². The predicted octanol–water partition coefficient (Wildman–Crippen LogP) is 3.57. The predicted molar refractivity (Wildman–Crippen MR) is 122 cm³/mol. The summed E-state index contributed by atoms with van der Waals surface area (Å²) in [6.45, 7) is 6.87. The van der Waals surface area contributed by atoms with Crippen LogP contribution in [0.4, 0.5) is 11.4 Å². The highest BCUT2D eigenvalue weighted by Crippen LogP contribution is 2.31. The molecular formula is C21H26BrN3O4S. The fourth-order valence-corrected chi connectivity index (χ4v) is 5.11. The number of anilines is 2. The van der Waals surface area contributed by atoms with E-state index in [0.29, 0.717) is 50.6 Å². The zero-order valence-electron chi connectivity index (χ0n) is 17.1. The summed E-state index contributed by atoms with van der Waals surface area (Å²) in [5, 5.41) is 2.91. The van der Waals surface area contributed by atoms with E-state index in [1.165, 1.54) is 4.31 Å². The van der Waals surface area contributed by atoms with Gasteiger partial charge in [-0.2, -0.15) is 4.31 Å². The lowest BCUT2D eigenvalue weighted by Crippen LogP contribution is -2.37. The molecule has 0 aliphatic carbocycles. The van der Waals surface area contributed by atoms with Crippen LogP contribution >= 0.6 is 15.9 Å². The Morgan fingerprint density at radius 1 is 1.10 bits per heavy atom. The van der Waals surface area contributed by atoms with Crippen LogP contribution in [0.3, 0.4) is 0 Å². The van der Waals surface area contributed by atoms with Crippen molar-refractivity contribution >= 4 is 43.2 Å². The molecule has 1 aliphatic heterocycles. The summed E-state index contributed by atoms with van der Waals surface area (Å²) >= 11 is 3.36. The Morgan fingerprint density at radius 2 is 1.73 bits per heavy atom.